The van der Waals surface area contributed by atoms with E-state index in [1.165, 1.54) is 18.2 Å². The smallest absolute Gasteiger partial charge is 0.352 e. The van der Waals surface area contributed by atoms with Gasteiger partial charge in [0.1, 0.15) is 0 Å². The SMILES string of the molecule is C=CCNC(=O)C1CC1C(=O)Nc1ccc(C(F)(F)F)cc1. The first kappa shape index (κ1) is 16.1. The van der Waals surface area contributed by atoms with Crippen molar-refractivity contribution in [2.75, 3.05) is 11.9 Å². The third-order valence-corrected chi connectivity index (χ3v) is 3.36. The van der Waals surface area contributed by atoms with Crippen molar-refractivity contribution in [1.29, 1.82) is 0 Å². The van der Waals surface area contributed by atoms with Crippen LogP contribution in [0.3, 0.4) is 0 Å². The van der Waals surface area contributed by atoms with E-state index in [1.807, 2.05) is 0 Å². The second kappa shape index (κ2) is 6.21. The number of alkyl halides is 3. The summed E-state index contributed by atoms with van der Waals surface area (Å²) in [7, 11) is 0. The Morgan fingerprint density at radius 3 is 2.32 bits per heavy atom. The molecule has 0 saturated heterocycles. The van der Waals surface area contributed by atoms with Crippen molar-refractivity contribution >= 4 is 17.5 Å². The monoisotopic (exact) mass is 312 g/mol. The van der Waals surface area contributed by atoms with Gasteiger partial charge in [0.15, 0.2) is 0 Å². The first-order valence-electron chi connectivity index (χ1n) is 6.69. The van der Waals surface area contributed by atoms with Crippen molar-refractivity contribution in [2.24, 2.45) is 11.8 Å². The summed E-state index contributed by atoms with van der Waals surface area (Å²) < 4.78 is 37.3. The largest absolute Gasteiger partial charge is 0.416 e. The Morgan fingerprint density at radius 2 is 1.77 bits per heavy atom. The van der Waals surface area contributed by atoms with E-state index in [-0.39, 0.29) is 23.4 Å². The molecular formula is C15H15F3N2O2. The fourth-order valence-corrected chi connectivity index (χ4v) is 2.06. The Hall–Kier alpha value is -2.31. The highest BCUT2D eigenvalue weighted by Gasteiger charge is 2.47. The number of anilines is 1. The van der Waals surface area contributed by atoms with E-state index < -0.39 is 17.7 Å². The quantitative estimate of drug-likeness (QED) is 0.821. The Labute approximate surface area is 125 Å². The maximum atomic E-state index is 12.4. The van der Waals surface area contributed by atoms with Gasteiger partial charge in [-0.25, -0.2) is 0 Å². The molecule has 0 heterocycles. The maximum Gasteiger partial charge on any atom is 0.416 e. The van der Waals surface area contributed by atoms with Gasteiger partial charge in [-0.05, 0) is 30.7 Å². The molecule has 0 radical (unpaired) electrons. The molecule has 1 aromatic carbocycles. The molecule has 22 heavy (non-hydrogen) atoms. The third kappa shape index (κ3) is 3.87. The van der Waals surface area contributed by atoms with E-state index in [0.29, 0.717) is 13.0 Å². The van der Waals surface area contributed by atoms with Crippen molar-refractivity contribution in [3.8, 4) is 0 Å². The molecule has 1 aliphatic rings. The number of hydrogen-bond acceptors (Lipinski definition) is 2. The average molecular weight is 312 g/mol. The molecule has 1 aliphatic carbocycles. The summed E-state index contributed by atoms with van der Waals surface area (Å²) in [6, 6.07) is 4.18. The van der Waals surface area contributed by atoms with Crippen LogP contribution in [0.2, 0.25) is 0 Å². The molecule has 0 spiro atoms. The van der Waals surface area contributed by atoms with Crippen molar-refractivity contribution in [2.45, 2.75) is 12.6 Å². The fourth-order valence-electron chi connectivity index (χ4n) is 2.06. The summed E-state index contributed by atoms with van der Waals surface area (Å²) in [5.74, 6) is -1.40. The fraction of sp³-hybridized carbons (Fsp3) is 0.333. The van der Waals surface area contributed by atoms with Crippen LogP contribution in [0.4, 0.5) is 18.9 Å². The lowest BCUT2D eigenvalue weighted by molar-refractivity contribution is -0.137. The lowest BCUT2D eigenvalue weighted by Gasteiger charge is -2.08. The number of hydrogen-bond donors (Lipinski definition) is 2. The van der Waals surface area contributed by atoms with Crippen molar-refractivity contribution in [3.63, 3.8) is 0 Å². The third-order valence-electron chi connectivity index (χ3n) is 3.36. The predicted octanol–water partition coefficient (Wildman–Crippen LogP) is 2.58. The molecule has 2 amide bonds. The Kier molecular flexibility index (Phi) is 4.54. The minimum atomic E-state index is -4.41. The number of carbonyl (C=O) groups is 2. The molecule has 1 saturated carbocycles. The van der Waals surface area contributed by atoms with Crippen LogP contribution in [0.1, 0.15) is 12.0 Å². The average Bonchev–Trinajstić information content (AvgIpc) is 3.25. The van der Waals surface area contributed by atoms with Gasteiger partial charge in [0.05, 0.1) is 17.4 Å². The van der Waals surface area contributed by atoms with Gasteiger partial charge < -0.3 is 10.6 Å². The maximum absolute atomic E-state index is 12.4. The van der Waals surface area contributed by atoms with Crippen LogP contribution >= 0.6 is 0 Å². The molecule has 0 aromatic heterocycles. The van der Waals surface area contributed by atoms with Gasteiger partial charge >= 0.3 is 6.18 Å². The molecule has 1 aromatic rings. The Balaban J connectivity index is 1.88. The lowest BCUT2D eigenvalue weighted by atomic mass is 10.2. The van der Waals surface area contributed by atoms with Crippen LogP contribution in [-0.2, 0) is 15.8 Å². The highest BCUT2D eigenvalue weighted by atomic mass is 19.4. The summed E-state index contributed by atoms with van der Waals surface area (Å²) in [6.07, 6.45) is -2.43. The van der Waals surface area contributed by atoms with Crippen LogP contribution in [0.25, 0.3) is 0 Å². The van der Waals surface area contributed by atoms with Crippen LogP contribution in [0.5, 0.6) is 0 Å². The van der Waals surface area contributed by atoms with Crippen molar-refractivity contribution in [1.82, 2.24) is 5.32 Å². The zero-order chi connectivity index (χ0) is 16.3. The highest BCUT2D eigenvalue weighted by molar-refractivity contribution is 5.99. The molecule has 1 fully saturated rings. The van der Waals surface area contributed by atoms with E-state index in [2.05, 4.69) is 17.2 Å². The second-order valence-electron chi connectivity index (χ2n) is 5.05. The number of halogens is 3. The predicted molar refractivity (Wildman–Crippen MR) is 74.9 cm³/mol. The topological polar surface area (TPSA) is 58.2 Å². The second-order valence-corrected chi connectivity index (χ2v) is 5.05. The summed E-state index contributed by atoms with van der Waals surface area (Å²) in [6.45, 7) is 3.81. The molecule has 4 nitrogen and oxygen atoms in total. The van der Waals surface area contributed by atoms with Crippen LogP contribution in [0.15, 0.2) is 36.9 Å². The number of rotatable bonds is 5. The standard InChI is InChI=1S/C15H15F3N2O2/c1-2-7-19-13(21)11-8-12(11)14(22)20-10-5-3-9(4-6-10)15(16,17)18/h2-6,11-12H,1,7-8H2,(H,19,21)(H,20,22). The van der Waals surface area contributed by atoms with Gasteiger partial charge in [0, 0.05) is 12.2 Å². The number of nitrogens with one attached hydrogen (secondary N) is 2. The zero-order valence-electron chi connectivity index (χ0n) is 11.6. The van der Waals surface area contributed by atoms with Crippen molar-refractivity contribution in [3.05, 3.63) is 42.5 Å². The van der Waals surface area contributed by atoms with Crippen LogP contribution in [-0.4, -0.2) is 18.4 Å². The van der Waals surface area contributed by atoms with E-state index in [4.69, 9.17) is 0 Å². The minimum absolute atomic E-state index is 0.215. The van der Waals surface area contributed by atoms with E-state index in [1.54, 1.807) is 0 Å². The molecule has 0 aliphatic heterocycles. The molecule has 2 atom stereocenters. The lowest BCUT2D eigenvalue weighted by Crippen LogP contribution is -2.27. The molecule has 7 heteroatoms. The number of amides is 2. The van der Waals surface area contributed by atoms with Gasteiger partial charge in [-0.1, -0.05) is 6.08 Å². The number of benzene rings is 1. The Bertz CT molecular complexity index is 581. The normalized spacial score (nSPS) is 20.1. The summed E-state index contributed by atoms with van der Waals surface area (Å²) >= 11 is 0. The molecule has 2 N–H and O–H groups in total. The van der Waals surface area contributed by atoms with Crippen LogP contribution < -0.4 is 10.6 Å². The zero-order valence-corrected chi connectivity index (χ0v) is 11.6. The van der Waals surface area contributed by atoms with Gasteiger partial charge in [-0.3, -0.25) is 9.59 Å². The van der Waals surface area contributed by atoms with Gasteiger partial charge in [0.2, 0.25) is 11.8 Å². The first-order chi connectivity index (χ1) is 10.3. The van der Waals surface area contributed by atoms with Gasteiger partial charge in [-0.15, -0.1) is 6.58 Å². The molecule has 2 rings (SSSR count). The van der Waals surface area contributed by atoms with E-state index in [0.717, 1.165) is 12.1 Å². The summed E-state index contributed by atoms with van der Waals surface area (Å²) in [5, 5.41) is 5.12. The van der Waals surface area contributed by atoms with E-state index in [9.17, 15) is 22.8 Å². The minimum Gasteiger partial charge on any atom is -0.352 e. The van der Waals surface area contributed by atoms with Crippen molar-refractivity contribution < 1.29 is 22.8 Å². The summed E-state index contributed by atoms with van der Waals surface area (Å²) in [4.78, 5) is 23.5. The molecule has 2 unspecified atom stereocenters. The van der Waals surface area contributed by atoms with Gasteiger partial charge in [-0.2, -0.15) is 13.2 Å². The highest BCUT2D eigenvalue weighted by Crippen LogP contribution is 2.39. The van der Waals surface area contributed by atoms with Crippen LogP contribution in [0, 0.1) is 11.8 Å². The summed E-state index contributed by atoms with van der Waals surface area (Å²) in [5.41, 5.74) is -0.506. The van der Waals surface area contributed by atoms with Gasteiger partial charge in [0.25, 0.3) is 0 Å². The molecule has 118 valence electrons. The molecule has 0 bridgehead atoms. The van der Waals surface area contributed by atoms with E-state index >= 15 is 0 Å². The number of carbonyl (C=O) groups excluding carboxylic acids is 2. The first-order valence-corrected chi connectivity index (χ1v) is 6.69. The molecular weight excluding hydrogens is 297 g/mol. The Morgan fingerprint density at radius 1 is 1.18 bits per heavy atom.